The fourth-order valence-electron chi connectivity index (χ4n) is 3.89. The van der Waals surface area contributed by atoms with Gasteiger partial charge in [-0.3, -0.25) is 9.69 Å². The highest BCUT2D eigenvalue weighted by Crippen LogP contribution is 2.52. The van der Waals surface area contributed by atoms with Gasteiger partial charge in [-0.25, -0.2) is 4.98 Å². The fourth-order valence-corrected chi connectivity index (χ4v) is 3.89. The second-order valence-corrected chi connectivity index (χ2v) is 6.06. The Morgan fingerprint density at radius 3 is 3.05 bits per heavy atom. The summed E-state index contributed by atoms with van der Waals surface area (Å²) >= 11 is 0. The summed E-state index contributed by atoms with van der Waals surface area (Å²) in [6.45, 7) is 1.10. The van der Waals surface area contributed by atoms with Gasteiger partial charge in [-0.2, -0.15) is 0 Å². The molecule has 2 atom stereocenters. The Bertz CT molecular complexity index is 708. The van der Waals surface area contributed by atoms with E-state index in [1.165, 1.54) is 6.42 Å². The van der Waals surface area contributed by atoms with E-state index in [1.807, 2.05) is 6.07 Å². The number of hydrogen-bond acceptors (Lipinski definition) is 4. The quantitative estimate of drug-likeness (QED) is 0.905. The number of carbonyl (C=O) groups excluding carboxylic acids is 1. The molecule has 2 bridgehead atoms. The lowest BCUT2D eigenvalue weighted by molar-refractivity contribution is 0.100. The van der Waals surface area contributed by atoms with Gasteiger partial charge in [0, 0.05) is 6.54 Å². The summed E-state index contributed by atoms with van der Waals surface area (Å²) < 4.78 is 5.97. The first-order valence-corrected chi connectivity index (χ1v) is 7.01. The Kier molecular flexibility index (Phi) is 2.27. The number of likely N-dealkylation sites (tertiary alicyclic amines) is 1. The molecule has 5 heteroatoms. The zero-order valence-electron chi connectivity index (χ0n) is 11.4. The molecule has 2 N–H and O–H groups in total. The first kappa shape index (κ1) is 11.9. The molecule has 1 aromatic heterocycles. The number of benzene rings is 1. The van der Waals surface area contributed by atoms with Crippen molar-refractivity contribution in [3.05, 3.63) is 29.7 Å². The van der Waals surface area contributed by atoms with Gasteiger partial charge in [0.2, 0.25) is 5.89 Å². The summed E-state index contributed by atoms with van der Waals surface area (Å²) in [4.78, 5) is 18.5. The van der Waals surface area contributed by atoms with E-state index in [2.05, 4.69) is 16.9 Å². The average Bonchev–Trinajstić information content (AvgIpc) is 3.08. The Morgan fingerprint density at radius 1 is 1.55 bits per heavy atom. The highest BCUT2D eigenvalue weighted by atomic mass is 16.4. The molecule has 4 rings (SSSR count). The van der Waals surface area contributed by atoms with Gasteiger partial charge in [0.15, 0.2) is 5.58 Å². The lowest BCUT2D eigenvalue weighted by Crippen LogP contribution is -2.39. The van der Waals surface area contributed by atoms with Crippen molar-refractivity contribution in [1.29, 1.82) is 0 Å². The highest BCUT2D eigenvalue weighted by Gasteiger charge is 2.53. The Balaban J connectivity index is 1.90. The van der Waals surface area contributed by atoms with Crippen LogP contribution < -0.4 is 5.73 Å². The molecule has 1 saturated carbocycles. The van der Waals surface area contributed by atoms with Crippen LogP contribution in [-0.2, 0) is 5.54 Å². The standard InChI is InChI=1S/C15H17N3O2/c1-18-8-9-5-6-15(18,7-9)14-17-12-10(13(16)19)3-2-4-11(12)20-14/h2-4,9H,5-8H2,1H3,(H2,16,19). The van der Waals surface area contributed by atoms with E-state index < -0.39 is 5.91 Å². The molecule has 1 aliphatic heterocycles. The van der Waals surface area contributed by atoms with E-state index in [0.29, 0.717) is 16.7 Å². The number of aromatic nitrogens is 1. The maximum atomic E-state index is 11.5. The second-order valence-electron chi connectivity index (χ2n) is 6.06. The monoisotopic (exact) mass is 271 g/mol. The van der Waals surface area contributed by atoms with E-state index >= 15 is 0 Å². The Morgan fingerprint density at radius 2 is 2.40 bits per heavy atom. The predicted molar refractivity (Wildman–Crippen MR) is 74.2 cm³/mol. The molecule has 2 heterocycles. The topological polar surface area (TPSA) is 72.4 Å². The van der Waals surface area contributed by atoms with Crippen molar-refractivity contribution in [2.45, 2.75) is 24.8 Å². The van der Waals surface area contributed by atoms with Crippen LogP contribution in [0.5, 0.6) is 0 Å². The van der Waals surface area contributed by atoms with Crippen LogP contribution in [0.4, 0.5) is 0 Å². The number of amides is 1. The number of piperidine rings is 1. The molecule has 1 saturated heterocycles. The minimum absolute atomic E-state index is 0.0847. The first-order chi connectivity index (χ1) is 9.60. The molecule has 2 fully saturated rings. The predicted octanol–water partition coefficient (Wildman–Crippen LogP) is 1.87. The molecule has 1 aromatic carbocycles. The number of rotatable bonds is 2. The molecule has 0 radical (unpaired) electrons. The lowest BCUT2D eigenvalue weighted by atomic mass is 9.97. The number of carbonyl (C=O) groups is 1. The molecule has 104 valence electrons. The number of para-hydroxylation sites is 1. The normalized spacial score (nSPS) is 29.4. The molecule has 2 aromatic rings. The molecule has 0 spiro atoms. The number of nitrogens with zero attached hydrogens (tertiary/aromatic N) is 2. The molecule has 2 unspecified atom stereocenters. The molecular formula is C15H17N3O2. The third-order valence-corrected chi connectivity index (χ3v) is 4.94. The molecule has 2 aliphatic rings. The number of oxazole rings is 1. The van der Waals surface area contributed by atoms with Gasteiger partial charge in [0.1, 0.15) is 5.52 Å². The largest absolute Gasteiger partial charge is 0.439 e. The highest BCUT2D eigenvalue weighted by molar-refractivity contribution is 6.03. The van der Waals surface area contributed by atoms with Crippen molar-refractivity contribution in [1.82, 2.24) is 9.88 Å². The van der Waals surface area contributed by atoms with Crippen LogP contribution in [0.3, 0.4) is 0 Å². The number of primary amides is 1. The summed E-state index contributed by atoms with van der Waals surface area (Å²) in [6.07, 6.45) is 3.40. The summed E-state index contributed by atoms with van der Waals surface area (Å²) in [5, 5.41) is 0. The summed E-state index contributed by atoms with van der Waals surface area (Å²) in [7, 11) is 2.13. The van der Waals surface area contributed by atoms with Gasteiger partial charge < -0.3 is 10.2 Å². The van der Waals surface area contributed by atoms with E-state index in [4.69, 9.17) is 10.2 Å². The average molecular weight is 271 g/mol. The van der Waals surface area contributed by atoms with Gasteiger partial charge in [-0.05, 0) is 44.4 Å². The van der Waals surface area contributed by atoms with Crippen LogP contribution in [0.2, 0.25) is 0 Å². The second kappa shape index (κ2) is 3.82. The van der Waals surface area contributed by atoms with Crippen molar-refractivity contribution in [3.8, 4) is 0 Å². The van der Waals surface area contributed by atoms with Crippen LogP contribution in [-0.4, -0.2) is 29.4 Å². The van der Waals surface area contributed by atoms with Gasteiger partial charge >= 0.3 is 0 Å². The maximum absolute atomic E-state index is 11.5. The summed E-state index contributed by atoms with van der Waals surface area (Å²) in [5.41, 5.74) is 7.00. The smallest absolute Gasteiger partial charge is 0.251 e. The molecule has 1 amide bonds. The SMILES string of the molecule is CN1CC2CCC1(c1nc3c(C(N)=O)cccc3o1)C2. The summed E-state index contributed by atoms with van der Waals surface area (Å²) in [5.74, 6) is 1.02. The Labute approximate surface area is 116 Å². The van der Waals surface area contributed by atoms with E-state index in [-0.39, 0.29) is 5.54 Å². The first-order valence-electron chi connectivity index (χ1n) is 7.01. The van der Waals surface area contributed by atoms with Crippen LogP contribution in [0.1, 0.15) is 35.5 Å². The van der Waals surface area contributed by atoms with Gasteiger partial charge in [-0.1, -0.05) is 6.07 Å². The molecule has 5 nitrogen and oxygen atoms in total. The van der Waals surface area contributed by atoms with E-state index in [0.717, 1.165) is 31.2 Å². The van der Waals surface area contributed by atoms with Crippen molar-refractivity contribution in [2.75, 3.05) is 13.6 Å². The maximum Gasteiger partial charge on any atom is 0.251 e. The van der Waals surface area contributed by atoms with Crippen molar-refractivity contribution < 1.29 is 9.21 Å². The Hall–Kier alpha value is -1.88. The van der Waals surface area contributed by atoms with Gasteiger partial charge in [-0.15, -0.1) is 0 Å². The minimum Gasteiger partial charge on any atom is -0.439 e. The van der Waals surface area contributed by atoms with Crippen molar-refractivity contribution >= 4 is 17.0 Å². The van der Waals surface area contributed by atoms with Crippen LogP contribution in [0, 0.1) is 5.92 Å². The third-order valence-electron chi connectivity index (χ3n) is 4.94. The number of nitrogens with two attached hydrogens (primary N) is 1. The van der Waals surface area contributed by atoms with Crippen LogP contribution >= 0.6 is 0 Å². The van der Waals surface area contributed by atoms with Crippen molar-refractivity contribution in [2.24, 2.45) is 11.7 Å². The molecular weight excluding hydrogens is 254 g/mol. The van der Waals surface area contributed by atoms with Crippen LogP contribution in [0.15, 0.2) is 22.6 Å². The number of fused-ring (bicyclic) bond motifs is 3. The minimum atomic E-state index is -0.461. The van der Waals surface area contributed by atoms with Gasteiger partial charge in [0.05, 0.1) is 11.1 Å². The zero-order chi connectivity index (χ0) is 13.9. The third kappa shape index (κ3) is 1.41. The van der Waals surface area contributed by atoms with Gasteiger partial charge in [0.25, 0.3) is 5.91 Å². The zero-order valence-corrected chi connectivity index (χ0v) is 11.4. The van der Waals surface area contributed by atoms with Crippen molar-refractivity contribution in [3.63, 3.8) is 0 Å². The summed E-state index contributed by atoms with van der Waals surface area (Å²) in [6, 6.07) is 5.33. The molecule has 20 heavy (non-hydrogen) atoms. The van der Waals surface area contributed by atoms with E-state index in [1.54, 1.807) is 12.1 Å². The fraction of sp³-hybridized carbons (Fsp3) is 0.467. The van der Waals surface area contributed by atoms with Crippen LogP contribution in [0.25, 0.3) is 11.1 Å². The van der Waals surface area contributed by atoms with E-state index in [9.17, 15) is 4.79 Å². The number of hydrogen-bond donors (Lipinski definition) is 1. The molecule has 1 aliphatic carbocycles. The lowest BCUT2D eigenvalue weighted by Gasteiger charge is -2.32.